The van der Waals surface area contributed by atoms with Crippen LogP contribution in [-0.4, -0.2) is 20.4 Å². The van der Waals surface area contributed by atoms with Crippen LogP contribution in [0.15, 0.2) is 85.6 Å². The molecule has 0 aliphatic carbocycles. The van der Waals surface area contributed by atoms with Crippen LogP contribution in [0.1, 0.15) is 10.4 Å². The van der Waals surface area contributed by atoms with Gasteiger partial charge in [0.05, 0.1) is 18.2 Å². The van der Waals surface area contributed by atoms with Crippen molar-refractivity contribution >= 4 is 11.6 Å². The van der Waals surface area contributed by atoms with E-state index >= 15 is 0 Å². The third-order valence-corrected chi connectivity index (χ3v) is 3.98. The molecule has 4 aromatic rings. The third-order valence-electron chi connectivity index (χ3n) is 3.98. The highest BCUT2D eigenvalue weighted by Gasteiger charge is 2.07. The van der Waals surface area contributed by atoms with E-state index in [9.17, 15) is 4.79 Å². The lowest BCUT2D eigenvalue weighted by Gasteiger charge is -2.08. The zero-order chi connectivity index (χ0) is 17.1. The van der Waals surface area contributed by atoms with Crippen LogP contribution in [0.25, 0.3) is 16.9 Å². The van der Waals surface area contributed by atoms with Gasteiger partial charge in [0.2, 0.25) is 0 Å². The van der Waals surface area contributed by atoms with Crippen molar-refractivity contribution in [2.24, 2.45) is 0 Å². The lowest BCUT2D eigenvalue weighted by Crippen LogP contribution is -2.11. The molecule has 2 heterocycles. The van der Waals surface area contributed by atoms with Crippen molar-refractivity contribution in [1.82, 2.24) is 14.5 Å². The Morgan fingerprint density at radius 3 is 2.32 bits per heavy atom. The van der Waals surface area contributed by atoms with Gasteiger partial charge in [-0.15, -0.1) is 0 Å². The quantitative estimate of drug-likeness (QED) is 0.592. The van der Waals surface area contributed by atoms with Crippen LogP contribution in [0.5, 0.6) is 0 Å². The first-order valence-electron chi connectivity index (χ1n) is 7.93. The molecule has 0 unspecified atom stereocenters. The summed E-state index contributed by atoms with van der Waals surface area (Å²) in [4.78, 5) is 19.5. The first kappa shape index (κ1) is 15.0. The standard InChI is InChI=1S/C20H16N4O/c25-20(16-5-9-18(10-6-16)24-11-1-2-12-24)23-17-7-3-15(4-8-17)19-13-21-14-22-19/h1-14H,(H,21,22)(H,23,25). The molecule has 1 amide bonds. The van der Waals surface area contributed by atoms with E-state index in [0.29, 0.717) is 5.56 Å². The number of aromatic amines is 1. The van der Waals surface area contributed by atoms with Gasteiger partial charge in [0.15, 0.2) is 0 Å². The second kappa shape index (κ2) is 6.49. The molecule has 0 spiro atoms. The molecule has 0 bridgehead atoms. The number of H-pyrrole nitrogens is 1. The average molecular weight is 328 g/mol. The van der Waals surface area contributed by atoms with E-state index in [-0.39, 0.29) is 5.91 Å². The molecule has 4 rings (SSSR count). The first-order valence-corrected chi connectivity index (χ1v) is 7.93. The number of anilines is 1. The second-order valence-corrected chi connectivity index (χ2v) is 5.63. The molecule has 5 nitrogen and oxygen atoms in total. The molecule has 2 aromatic heterocycles. The van der Waals surface area contributed by atoms with E-state index in [0.717, 1.165) is 22.6 Å². The van der Waals surface area contributed by atoms with Gasteiger partial charge in [-0.25, -0.2) is 4.98 Å². The van der Waals surface area contributed by atoms with Crippen molar-refractivity contribution in [2.75, 3.05) is 5.32 Å². The maximum Gasteiger partial charge on any atom is 0.255 e. The minimum atomic E-state index is -0.131. The van der Waals surface area contributed by atoms with Gasteiger partial charge in [-0.2, -0.15) is 0 Å². The molecule has 25 heavy (non-hydrogen) atoms. The molecule has 0 atom stereocenters. The van der Waals surface area contributed by atoms with Crippen LogP contribution >= 0.6 is 0 Å². The number of hydrogen-bond acceptors (Lipinski definition) is 2. The van der Waals surface area contributed by atoms with E-state index < -0.39 is 0 Å². The monoisotopic (exact) mass is 328 g/mol. The zero-order valence-electron chi connectivity index (χ0n) is 13.4. The number of nitrogens with zero attached hydrogens (tertiary/aromatic N) is 2. The lowest BCUT2D eigenvalue weighted by atomic mass is 10.1. The molecule has 0 aliphatic rings. The molecule has 0 fully saturated rings. The second-order valence-electron chi connectivity index (χ2n) is 5.63. The molecular formula is C20H16N4O. The molecule has 2 aromatic carbocycles. The van der Waals surface area contributed by atoms with Crippen LogP contribution in [0.3, 0.4) is 0 Å². The van der Waals surface area contributed by atoms with Gasteiger partial charge in [0.25, 0.3) is 5.91 Å². The molecule has 0 saturated heterocycles. The Kier molecular flexibility index (Phi) is 3.88. The highest BCUT2D eigenvalue weighted by atomic mass is 16.1. The number of carbonyl (C=O) groups is 1. The molecule has 122 valence electrons. The van der Waals surface area contributed by atoms with Gasteiger partial charge in [-0.1, -0.05) is 12.1 Å². The highest BCUT2D eigenvalue weighted by molar-refractivity contribution is 6.04. The number of amides is 1. The highest BCUT2D eigenvalue weighted by Crippen LogP contribution is 2.19. The summed E-state index contributed by atoms with van der Waals surface area (Å²) in [5.41, 5.74) is 4.35. The van der Waals surface area contributed by atoms with Gasteiger partial charge in [-0.3, -0.25) is 4.79 Å². The van der Waals surface area contributed by atoms with Crippen molar-refractivity contribution < 1.29 is 4.79 Å². The SMILES string of the molecule is O=C(Nc1ccc(-c2cnc[nH]2)cc1)c1ccc(-n2cccc2)cc1. The maximum absolute atomic E-state index is 12.4. The average Bonchev–Trinajstić information content (AvgIpc) is 3.36. The summed E-state index contributed by atoms with van der Waals surface area (Å²) in [5.74, 6) is -0.131. The number of hydrogen-bond donors (Lipinski definition) is 2. The fourth-order valence-electron chi connectivity index (χ4n) is 2.64. The fourth-order valence-corrected chi connectivity index (χ4v) is 2.64. The number of nitrogens with one attached hydrogen (secondary N) is 2. The number of carbonyl (C=O) groups excluding carboxylic acids is 1. The Balaban J connectivity index is 1.46. The van der Waals surface area contributed by atoms with Gasteiger partial charge in [-0.05, 0) is 54.1 Å². The molecule has 2 N–H and O–H groups in total. The summed E-state index contributed by atoms with van der Waals surface area (Å²) in [6, 6.07) is 19.1. The Hall–Kier alpha value is -3.60. The molecule has 0 radical (unpaired) electrons. The predicted molar refractivity (Wildman–Crippen MR) is 97.7 cm³/mol. The van der Waals surface area contributed by atoms with Gasteiger partial charge < -0.3 is 14.9 Å². The summed E-state index contributed by atoms with van der Waals surface area (Å²) >= 11 is 0. The van der Waals surface area contributed by atoms with E-state index in [4.69, 9.17) is 0 Å². The van der Waals surface area contributed by atoms with E-state index in [1.807, 2.05) is 77.6 Å². The van der Waals surface area contributed by atoms with Crippen LogP contribution < -0.4 is 5.32 Å². The van der Waals surface area contributed by atoms with Crippen molar-refractivity contribution in [3.63, 3.8) is 0 Å². The summed E-state index contributed by atoms with van der Waals surface area (Å²) in [6.45, 7) is 0. The van der Waals surface area contributed by atoms with Crippen LogP contribution in [0.2, 0.25) is 0 Å². The number of imidazole rings is 1. The summed E-state index contributed by atoms with van der Waals surface area (Å²) < 4.78 is 2.00. The summed E-state index contributed by atoms with van der Waals surface area (Å²) in [6.07, 6.45) is 7.34. The molecule has 5 heteroatoms. The largest absolute Gasteiger partial charge is 0.345 e. The van der Waals surface area contributed by atoms with E-state index in [1.165, 1.54) is 0 Å². The van der Waals surface area contributed by atoms with E-state index in [2.05, 4.69) is 15.3 Å². The summed E-state index contributed by atoms with van der Waals surface area (Å²) in [7, 11) is 0. The van der Waals surface area contributed by atoms with Gasteiger partial charge >= 0.3 is 0 Å². The van der Waals surface area contributed by atoms with Crippen molar-refractivity contribution in [1.29, 1.82) is 0 Å². The Morgan fingerprint density at radius 2 is 1.68 bits per heavy atom. The molecular weight excluding hydrogens is 312 g/mol. The predicted octanol–water partition coefficient (Wildman–Crippen LogP) is 4.12. The van der Waals surface area contributed by atoms with Gasteiger partial charge in [0, 0.05) is 29.3 Å². The van der Waals surface area contributed by atoms with Crippen LogP contribution in [0, 0.1) is 0 Å². The van der Waals surface area contributed by atoms with Crippen molar-refractivity contribution in [3.05, 3.63) is 91.1 Å². The smallest absolute Gasteiger partial charge is 0.255 e. The van der Waals surface area contributed by atoms with E-state index in [1.54, 1.807) is 12.5 Å². The normalized spacial score (nSPS) is 10.6. The van der Waals surface area contributed by atoms with Crippen LogP contribution in [0.4, 0.5) is 5.69 Å². The van der Waals surface area contributed by atoms with Crippen molar-refractivity contribution in [3.8, 4) is 16.9 Å². The first-order chi connectivity index (χ1) is 12.3. The molecule has 0 saturated carbocycles. The number of benzene rings is 2. The fraction of sp³-hybridized carbons (Fsp3) is 0. The van der Waals surface area contributed by atoms with Crippen LogP contribution in [-0.2, 0) is 0 Å². The number of aromatic nitrogens is 3. The minimum Gasteiger partial charge on any atom is -0.345 e. The Bertz CT molecular complexity index is 954. The molecule has 0 aliphatic heterocycles. The maximum atomic E-state index is 12.4. The number of rotatable bonds is 4. The van der Waals surface area contributed by atoms with Crippen molar-refractivity contribution in [2.45, 2.75) is 0 Å². The van der Waals surface area contributed by atoms with Gasteiger partial charge in [0.1, 0.15) is 0 Å². The Labute approximate surface area is 145 Å². The Morgan fingerprint density at radius 1 is 0.960 bits per heavy atom. The minimum absolute atomic E-state index is 0.131. The summed E-state index contributed by atoms with van der Waals surface area (Å²) in [5, 5.41) is 2.91. The third kappa shape index (κ3) is 3.21. The lowest BCUT2D eigenvalue weighted by molar-refractivity contribution is 0.102. The zero-order valence-corrected chi connectivity index (χ0v) is 13.4. The topological polar surface area (TPSA) is 62.7 Å².